The van der Waals surface area contributed by atoms with Crippen molar-refractivity contribution in [3.8, 4) is 0 Å². The van der Waals surface area contributed by atoms with Crippen LogP contribution in [0.5, 0.6) is 0 Å². The Morgan fingerprint density at radius 3 is 1.64 bits per heavy atom. The summed E-state index contributed by atoms with van der Waals surface area (Å²) in [4.78, 5) is 49.8. The van der Waals surface area contributed by atoms with Crippen LogP contribution in [0.4, 0.5) is 10.1 Å². The van der Waals surface area contributed by atoms with Crippen LogP contribution in [0.1, 0.15) is 20.7 Å². The van der Waals surface area contributed by atoms with Crippen LogP contribution >= 0.6 is 0 Å². The molecule has 2 N–H and O–H groups in total. The number of ether oxygens (including phenoxy) is 2. The van der Waals surface area contributed by atoms with Crippen LogP contribution < -0.4 is 5.32 Å². The van der Waals surface area contributed by atoms with E-state index >= 15 is 0 Å². The number of amides is 1. The molecule has 2 atom stereocenters. The Hall–Kier alpha value is -4.53. The lowest BCUT2D eigenvalue weighted by molar-refractivity contribution is -0.157. The highest BCUT2D eigenvalue weighted by atomic mass is 19.1. The summed E-state index contributed by atoms with van der Waals surface area (Å²) in [6.07, 6.45) is -4.33. The van der Waals surface area contributed by atoms with E-state index in [1.165, 1.54) is 66.7 Å². The summed E-state index contributed by atoms with van der Waals surface area (Å²) in [5.74, 6) is -5.83. The van der Waals surface area contributed by atoms with E-state index < -0.39 is 41.8 Å². The number of carbonyl (C=O) groups excluding carboxylic acids is 3. The van der Waals surface area contributed by atoms with E-state index in [4.69, 9.17) is 9.47 Å². The molecule has 168 valence electrons. The minimum atomic E-state index is -2.21. The molecule has 0 fully saturated rings. The Bertz CT molecular complexity index is 1150. The fourth-order valence-electron chi connectivity index (χ4n) is 2.78. The van der Waals surface area contributed by atoms with Gasteiger partial charge in [-0.1, -0.05) is 48.5 Å². The minimum Gasteiger partial charge on any atom is -0.478 e. The molecule has 1 amide bonds. The van der Waals surface area contributed by atoms with Crippen molar-refractivity contribution in [3.63, 3.8) is 0 Å². The van der Waals surface area contributed by atoms with E-state index in [0.29, 0.717) is 0 Å². The van der Waals surface area contributed by atoms with Gasteiger partial charge in [-0.3, -0.25) is 4.79 Å². The lowest BCUT2D eigenvalue weighted by Gasteiger charge is -2.23. The molecule has 0 unspecified atom stereocenters. The maximum absolute atomic E-state index is 14.0. The summed E-state index contributed by atoms with van der Waals surface area (Å²) >= 11 is 0. The van der Waals surface area contributed by atoms with Crippen LogP contribution in [-0.2, 0) is 19.1 Å². The summed E-state index contributed by atoms with van der Waals surface area (Å²) in [5, 5.41) is 11.8. The third kappa shape index (κ3) is 6.01. The maximum atomic E-state index is 14.0. The fraction of sp³-hybridized carbons (Fsp3) is 0.0833. The summed E-state index contributed by atoms with van der Waals surface area (Å²) in [5.41, 5.74) is -0.229. The molecule has 3 rings (SSSR count). The van der Waals surface area contributed by atoms with Gasteiger partial charge in [-0.15, -0.1) is 0 Å². The average Bonchev–Trinajstić information content (AvgIpc) is 2.83. The molecule has 0 radical (unpaired) electrons. The normalized spacial score (nSPS) is 12.2. The molecular formula is C24H18FNO7. The zero-order valence-corrected chi connectivity index (χ0v) is 17.0. The first kappa shape index (κ1) is 23.1. The second-order valence-corrected chi connectivity index (χ2v) is 6.69. The van der Waals surface area contributed by atoms with Crippen molar-refractivity contribution in [2.45, 2.75) is 12.2 Å². The number of aliphatic carboxylic acids is 1. The highest BCUT2D eigenvalue weighted by molar-refractivity contribution is 6.01. The van der Waals surface area contributed by atoms with E-state index in [1.807, 2.05) is 0 Å². The van der Waals surface area contributed by atoms with Crippen LogP contribution in [0.25, 0.3) is 0 Å². The Labute approximate surface area is 187 Å². The lowest BCUT2D eigenvalue weighted by Crippen LogP contribution is -2.48. The monoisotopic (exact) mass is 451 g/mol. The molecule has 0 aliphatic heterocycles. The van der Waals surface area contributed by atoms with E-state index in [9.17, 15) is 28.7 Å². The number of nitrogens with one attached hydrogen (secondary N) is 1. The Morgan fingerprint density at radius 2 is 1.15 bits per heavy atom. The number of rotatable bonds is 8. The summed E-state index contributed by atoms with van der Waals surface area (Å²) in [6.45, 7) is 0. The number of anilines is 1. The number of hydrogen-bond acceptors (Lipinski definition) is 6. The minimum absolute atomic E-state index is 0.0198. The number of esters is 2. The number of para-hydroxylation sites is 1. The second kappa shape index (κ2) is 10.7. The fourth-order valence-corrected chi connectivity index (χ4v) is 2.78. The Kier molecular flexibility index (Phi) is 7.48. The molecule has 0 aromatic heterocycles. The van der Waals surface area contributed by atoms with E-state index in [0.717, 1.165) is 6.07 Å². The zero-order valence-electron chi connectivity index (χ0n) is 17.0. The van der Waals surface area contributed by atoms with Gasteiger partial charge >= 0.3 is 17.9 Å². The smallest absolute Gasteiger partial charge is 0.349 e. The molecule has 0 aliphatic carbocycles. The van der Waals surface area contributed by atoms with Crippen molar-refractivity contribution in [2.24, 2.45) is 0 Å². The molecule has 0 spiro atoms. The molecule has 0 saturated carbocycles. The van der Waals surface area contributed by atoms with Gasteiger partial charge in [0.15, 0.2) is 0 Å². The molecule has 0 heterocycles. The molecule has 9 heteroatoms. The molecule has 3 aromatic rings. The number of benzene rings is 3. The predicted molar refractivity (Wildman–Crippen MR) is 114 cm³/mol. The van der Waals surface area contributed by atoms with Gasteiger partial charge in [0.25, 0.3) is 5.91 Å². The van der Waals surface area contributed by atoms with Gasteiger partial charge in [-0.05, 0) is 36.4 Å². The van der Waals surface area contributed by atoms with Crippen molar-refractivity contribution in [3.05, 3.63) is 102 Å². The molecule has 8 nitrogen and oxygen atoms in total. The van der Waals surface area contributed by atoms with Gasteiger partial charge in [-0.2, -0.15) is 0 Å². The van der Waals surface area contributed by atoms with E-state index in [1.54, 1.807) is 12.1 Å². The summed E-state index contributed by atoms with van der Waals surface area (Å²) in [7, 11) is 0. The first-order valence-electron chi connectivity index (χ1n) is 9.67. The second-order valence-electron chi connectivity index (χ2n) is 6.69. The van der Waals surface area contributed by atoms with Crippen molar-refractivity contribution >= 4 is 29.5 Å². The van der Waals surface area contributed by atoms with Crippen molar-refractivity contribution in [2.75, 3.05) is 5.32 Å². The van der Waals surface area contributed by atoms with Crippen molar-refractivity contribution < 1.29 is 38.1 Å². The molecule has 3 aromatic carbocycles. The topological polar surface area (TPSA) is 119 Å². The average molecular weight is 451 g/mol. The van der Waals surface area contributed by atoms with Crippen LogP contribution in [0.15, 0.2) is 84.9 Å². The van der Waals surface area contributed by atoms with Gasteiger partial charge in [0.05, 0.1) is 16.8 Å². The SMILES string of the molecule is O=C(O[C@H](C(=O)Nc1ccccc1F)[C@@H](OC(=O)c1ccccc1)C(=O)O)c1ccccc1. The Balaban J connectivity index is 1.91. The highest BCUT2D eigenvalue weighted by Crippen LogP contribution is 2.17. The largest absolute Gasteiger partial charge is 0.478 e. The molecule has 0 saturated heterocycles. The number of halogens is 1. The molecule has 0 bridgehead atoms. The van der Waals surface area contributed by atoms with Crippen LogP contribution in [0.3, 0.4) is 0 Å². The molecule has 33 heavy (non-hydrogen) atoms. The van der Waals surface area contributed by atoms with E-state index in [2.05, 4.69) is 5.32 Å². The maximum Gasteiger partial charge on any atom is 0.349 e. The summed E-state index contributed by atoms with van der Waals surface area (Å²) in [6, 6.07) is 20.1. The van der Waals surface area contributed by atoms with Gasteiger partial charge in [-0.25, -0.2) is 18.8 Å². The quantitative estimate of drug-likeness (QED) is 0.505. The highest BCUT2D eigenvalue weighted by Gasteiger charge is 2.41. The number of hydrogen-bond donors (Lipinski definition) is 2. The van der Waals surface area contributed by atoms with Crippen molar-refractivity contribution in [1.29, 1.82) is 0 Å². The number of carboxylic acid groups (broad SMARTS) is 1. The summed E-state index contributed by atoms with van der Waals surface area (Å²) < 4.78 is 24.2. The molecular weight excluding hydrogens is 433 g/mol. The van der Waals surface area contributed by atoms with Crippen LogP contribution in [0, 0.1) is 5.82 Å². The lowest BCUT2D eigenvalue weighted by atomic mass is 10.1. The van der Waals surface area contributed by atoms with Crippen molar-refractivity contribution in [1.82, 2.24) is 0 Å². The standard InChI is InChI=1S/C24H18FNO7/c25-17-13-7-8-14-18(17)26-21(27)19(32-23(30)15-9-3-1-4-10-15)20(22(28)29)33-24(31)16-11-5-2-6-12-16/h1-14,19-20H,(H,26,27)(H,28,29)/t19-,20+/m0/s1. The first-order chi connectivity index (χ1) is 15.9. The first-order valence-corrected chi connectivity index (χ1v) is 9.67. The number of carboxylic acids is 1. The predicted octanol–water partition coefficient (Wildman–Crippen LogP) is 3.30. The van der Waals surface area contributed by atoms with Gasteiger partial charge < -0.3 is 19.9 Å². The number of carbonyl (C=O) groups is 4. The molecule has 0 aliphatic rings. The van der Waals surface area contributed by atoms with Gasteiger partial charge in [0.1, 0.15) is 5.82 Å². The van der Waals surface area contributed by atoms with Gasteiger partial charge in [0, 0.05) is 0 Å². The third-order valence-electron chi connectivity index (χ3n) is 4.40. The van der Waals surface area contributed by atoms with Crippen LogP contribution in [0.2, 0.25) is 0 Å². The van der Waals surface area contributed by atoms with E-state index in [-0.39, 0.29) is 16.8 Å². The van der Waals surface area contributed by atoms with Gasteiger partial charge in [0.2, 0.25) is 12.2 Å². The third-order valence-corrected chi connectivity index (χ3v) is 4.40. The van der Waals surface area contributed by atoms with Crippen LogP contribution in [-0.4, -0.2) is 41.1 Å². The Morgan fingerprint density at radius 1 is 0.697 bits per heavy atom. The zero-order chi connectivity index (χ0) is 23.8.